The number of thiazole rings is 1. The van der Waals surface area contributed by atoms with Gasteiger partial charge in [0.2, 0.25) is 11.0 Å². The van der Waals surface area contributed by atoms with Crippen LogP contribution >= 0.6 is 11.3 Å². The lowest BCUT2D eigenvalue weighted by atomic mass is 10.1. The molecule has 134 valence electrons. The lowest BCUT2D eigenvalue weighted by molar-refractivity contribution is -0.120. The van der Waals surface area contributed by atoms with Crippen LogP contribution in [0, 0.1) is 17.1 Å². The number of carbonyl (C=O) groups excluding carboxylic acids is 1. The van der Waals surface area contributed by atoms with Gasteiger partial charge in [0, 0.05) is 24.7 Å². The third-order valence-electron chi connectivity index (χ3n) is 3.98. The maximum Gasteiger partial charge on any atom is 0.243 e. The number of aromatic nitrogens is 1. The molecule has 0 fully saturated rings. The summed E-state index contributed by atoms with van der Waals surface area (Å²) >= 11 is 1.16. The van der Waals surface area contributed by atoms with Crippen LogP contribution in [-0.4, -0.2) is 34.9 Å². The van der Waals surface area contributed by atoms with E-state index in [-0.39, 0.29) is 17.8 Å². The van der Waals surface area contributed by atoms with Crippen molar-refractivity contribution in [3.8, 4) is 16.9 Å². The van der Waals surface area contributed by atoms with Crippen molar-refractivity contribution in [2.24, 2.45) is 0 Å². The summed E-state index contributed by atoms with van der Waals surface area (Å²) in [5, 5.41) is 12.6. The Morgan fingerprint density at radius 3 is 3.15 bits per heavy atom. The zero-order chi connectivity index (χ0) is 18.5. The molecule has 0 aliphatic carbocycles. The highest BCUT2D eigenvalue weighted by Crippen LogP contribution is 2.30. The van der Waals surface area contributed by atoms with Gasteiger partial charge in [0.15, 0.2) is 5.13 Å². The van der Waals surface area contributed by atoms with Gasteiger partial charge in [0.1, 0.15) is 11.6 Å². The summed E-state index contributed by atoms with van der Waals surface area (Å²) in [6.45, 7) is 3.00. The van der Waals surface area contributed by atoms with Crippen molar-refractivity contribution in [3.63, 3.8) is 0 Å². The number of nitrogens with zero attached hydrogens (tertiary/aromatic N) is 3. The van der Waals surface area contributed by atoms with E-state index in [0.29, 0.717) is 28.1 Å². The van der Waals surface area contributed by atoms with Crippen LogP contribution in [0.25, 0.3) is 0 Å². The summed E-state index contributed by atoms with van der Waals surface area (Å²) in [4.78, 5) is 18.5. The van der Waals surface area contributed by atoms with Gasteiger partial charge in [-0.1, -0.05) is 23.5 Å². The molecule has 3 rings (SSSR count). The van der Waals surface area contributed by atoms with E-state index in [2.05, 4.69) is 16.4 Å². The lowest BCUT2D eigenvalue weighted by Crippen LogP contribution is -2.44. The zero-order valence-electron chi connectivity index (χ0n) is 14.1. The highest BCUT2D eigenvalue weighted by molar-refractivity contribution is 7.17. The summed E-state index contributed by atoms with van der Waals surface area (Å²) in [6.07, 6.45) is 4.13. The number of hydrogen-bond acceptors (Lipinski definition) is 6. The average Bonchev–Trinajstić information content (AvgIpc) is 3.07. The molecule has 1 amide bonds. The predicted octanol–water partition coefficient (Wildman–Crippen LogP) is 3.56. The fourth-order valence-electron chi connectivity index (χ4n) is 2.57. The monoisotopic (exact) mass is 372 g/mol. The van der Waals surface area contributed by atoms with Gasteiger partial charge in [-0.2, -0.15) is 5.26 Å². The molecular formula is C18H17FN4O2S. The molecule has 6 nitrogen and oxygen atoms in total. The number of halogens is 1. The van der Waals surface area contributed by atoms with Gasteiger partial charge in [0.25, 0.3) is 0 Å². The van der Waals surface area contributed by atoms with Gasteiger partial charge in [-0.3, -0.25) is 9.69 Å². The highest BCUT2D eigenvalue weighted by atomic mass is 32.1. The van der Waals surface area contributed by atoms with Crippen molar-refractivity contribution < 1.29 is 13.9 Å². The predicted molar refractivity (Wildman–Crippen MR) is 96.6 cm³/mol. The Kier molecular flexibility index (Phi) is 5.61. The van der Waals surface area contributed by atoms with Crippen LogP contribution in [-0.2, 0) is 4.79 Å². The fourth-order valence-corrected chi connectivity index (χ4v) is 3.26. The van der Waals surface area contributed by atoms with Crippen LogP contribution in [0.3, 0.4) is 0 Å². The Balaban J connectivity index is 1.59. The molecule has 0 radical (unpaired) electrons. The largest absolute Gasteiger partial charge is 0.445 e. The van der Waals surface area contributed by atoms with E-state index in [1.54, 1.807) is 19.1 Å². The van der Waals surface area contributed by atoms with Crippen LogP contribution in [0.5, 0.6) is 10.8 Å². The first kappa shape index (κ1) is 18.0. The number of amides is 1. The van der Waals surface area contributed by atoms with E-state index in [4.69, 9.17) is 10.00 Å². The molecule has 1 N–H and O–H groups in total. The molecule has 1 atom stereocenters. The Morgan fingerprint density at radius 1 is 1.54 bits per heavy atom. The number of carbonyl (C=O) groups is 1. The van der Waals surface area contributed by atoms with Gasteiger partial charge < -0.3 is 10.1 Å². The Labute approximate surface area is 154 Å². The number of hydrogen-bond donors (Lipinski definition) is 1. The lowest BCUT2D eigenvalue weighted by Gasteiger charge is -2.29. The fraction of sp³-hybridized carbons (Fsp3) is 0.278. The Bertz CT molecular complexity index is 874. The molecule has 0 bridgehead atoms. The summed E-state index contributed by atoms with van der Waals surface area (Å²) in [7, 11) is 0. The summed E-state index contributed by atoms with van der Waals surface area (Å²) in [5.41, 5.74) is 0.677. The van der Waals surface area contributed by atoms with Crippen LogP contribution in [0.1, 0.15) is 13.3 Å². The minimum Gasteiger partial charge on any atom is -0.445 e. The number of anilines is 1. The van der Waals surface area contributed by atoms with Crippen molar-refractivity contribution in [2.45, 2.75) is 19.4 Å². The molecule has 0 saturated carbocycles. The summed E-state index contributed by atoms with van der Waals surface area (Å²) in [6, 6.07) is 7.56. The second-order valence-corrected chi connectivity index (χ2v) is 6.80. The number of nitrogens with one attached hydrogen (secondary N) is 1. The average molecular weight is 372 g/mol. The molecular weight excluding hydrogens is 355 g/mol. The number of benzene rings is 1. The molecule has 1 aromatic heterocycles. The maximum atomic E-state index is 13.2. The van der Waals surface area contributed by atoms with E-state index in [9.17, 15) is 9.18 Å². The highest BCUT2D eigenvalue weighted by Gasteiger charge is 2.24. The molecule has 1 aliphatic heterocycles. The molecule has 0 spiro atoms. The van der Waals surface area contributed by atoms with E-state index in [1.807, 2.05) is 11.0 Å². The standard InChI is InChI=1S/C18H17FN4O2S/c1-12(23-7-3-4-13(9-20)11-23)17(24)22-18-21-10-16(26-18)25-15-6-2-5-14(19)8-15/h2,4-6,8,10,12H,3,7,11H2,1H3,(H,21,22,24). The van der Waals surface area contributed by atoms with E-state index in [0.717, 1.165) is 24.3 Å². The van der Waals surface area contributed by atoms with Gasteiger partial charge in [0.05, 0.1) is 18.3 Å². The van der Waals surface area contributed by atoms with Crippen LogP contribution < -0.4 is 10.1 Å². The third kappa shape index (κ3) is 4.45. The van der Waals surface area contributed by atoms with Crippen LogP contribution in [0.4, 0.5) is 9.52 Å². The third-order valence-corrected chi connectivity index (χ3v) is 4.77. The normalized spacial score (nSPS) is 15.7. The van der Waals surface area contributed by atoms with Crippen molar-refractivity contribution in [1.82, 2.24) is 9.88 Å². The van der Waals surface area contributed by atoms with Crippen LogP contribution in [0.2, 0.25) is 0 Å². The number of nitriles is 1. The number of ether oxygens (including phenoxy) is 1. The minimum absolute atomic E-state index is 0.198. The molecule has 1 aromatic carbocycles. The minimum atomic E-state index is -0.387. The van der Waals surface area contributed by atoms with Crippen molar-refractivity contribution >= 4 is 22.4 Å². The van der Waals surface area contributed by atoms with Gasteiger partial charge in [-0.15, -0.1) is 0 Å². The van der Waals surface area contributed by atoms with Gasteiger partial charge in [-0.25, -0.2) is 9.37 Å². The van der Waals surface area contributed by atoms with E-state index < -0.39 is 0 Å². The first-order valence-electron chi connectivity index (χ1n) is 8.08. The van der Waals surface area contributed by atoms with Gasteiger partial charge >= 0.3 is 0 Å². The first-order chi connectivity index (χ1) is 12.5. The molecule has 26 heavy (non-hydrogen) atoms. The van der Waals surface area contributed by atoms with Gasteiger partial charge in [-0.05, 0) is 25.5 Å². The summed E-state index contributed by atoms with van der Waals surface area (Å²) < 4.78 is 18.7. The molecule has 0 saturated heterocycles. The summed E-state index contributed by atoms with van der Waals surface area (Å²) in [5.74, 6) is -0.221. The van der Waals surface area contributed by atoms with E-state index in [1.165, 1.54) is 18.3 Å². The maximum absolute atomic E-state index is 13.2. The Morgan fingerprint density at radius 2 is 2.38 bits per heavy atom. The zero-order valence-corrected chi connectivity index (χ0v) is 14.9. The quantitative estimate of drug-likeness (QED) is 0.868. The molecule has 8 heteroatoms. The Hall–Kier alpha value is -2.76. The topological polar surface area (TPSA) is 78.2 Å². The second-order valence-electron chi connectivity index (χ2n) is 5.81. The second kappa shape index (κ2) is 8.08. The molecule has 1 aliphatic rings. The number of rotatable bonds is 5. The van der Waals surface area contributed by atoms with Crippen molar-refractivity contribution in [1.29, 1.82) is 5.26 Å². The van der Waals surface area contributed by atoms with Crippen LogP contribution in [0.15, 0.2) is 42.1 Å². The van der Waals surface area contributed by atoms with Crippen molar-refractivity contribution in [2.75, 3.05) is 18.4 Å². The molecule has 2 aromatic rings. The molecule has 2 heterocycles. The molecule has 1 unspecified atom stereocenters. The SMILES string of the molecule is CC(C(=O)Nc1ncc(Oc2cccc(F)c2)s1)N1CCC=C(C#N)C1. The first-order valence-corrected chi connectivity index (χ1v) is 8.90. The van der Waals surface area contributed by atoms with E-state index >= 15 is 0 Å². The smallest absolute Gasteiger partial charge is 0.243 e. The van der Waals surface area contributed by atoms with Crippen molar-refractivity contribution in [3.05, 3.63) is 47.9 Å².